The monoisotopic (exact) mass is 533 g/mol. The van der Waals surface area contributed by atoms with Crippen LogP contribution in [0, 0.1) is 11.2 Å². The average Bonchev–Trinajstić information content (AvgIpc) is 3.54. The molecule has 0 radical (unpaired) electrons. The number of halogens is 2. The van der Waals surface area contributed by atoms with Gasteiger partial charge >= 0.3 is 12.1 Å². The van der Waals surface area contributed by atoms with E-state index in [2.05, 4.69) is 14.9 Å². The van der Waals surface area contributed by atoms with E-state index in [1.165, 1.54) is 0 Å². The highest BCUT2D eigenvalue weighted by Crippen LogP contribution is 2.46. The number of aldehydes is 1. The molecule has 37 heavy (non-hydrogen) atoms. The number of piperazine rings is 1. The molecule has 2 bridgehead atoms. The Kier molecular flexibility index (Phi) is 5.63. The Hall–Kier alpha value is -2.95. The lowest BCUT2D eigenvalue weighted by atomic mass is 9.99. The molecule has 0 spiro atoms. The molecule has 0 aromatic carbocycles. The molecule has 3 aliphatic heterocycles. The smallest absolute Gasteiger partial charge is 0.410 e. The second-order valence-corrected chi connectivity index (χ2v) is 11.7. The molecule has 12 heteroatoms. The lowest BCUT2D eigenvalue weighted by Gasteiger charge is -2.48. The number of fused-ring (bicyclic) bond motifs is 5. The molecule has 3 fully saturated rings. The van der Waals surface area contributed by atoms with Crippen molar-refractivity contribution in [3.63, 3.8) is 0 Å². The van der Waals surface area contributed by atoms with Gasteiger partial charge in [-0.1, -0.05) is 11.6 Å². The van der Waals surface area contributed by atoms with Crippen molar-refractivity contribution in [3.8, 4) is 11.9 Å². The van der Waals surface area contributed by atoms with Gasteiger partial charge in [-0.05, 0) is 46.5 Å². The lowest BCUT2D eigenvalue weighted by Crippen LogP contribution is -2.62. The molecule has 2 aromatic heterocycles. The first-order valence-corrected chi connectivity index (χ1v) is 13.0. The van der Waals surface area contributed by atoms with Gasteiger partial charge in [0.1, 0.15) is 35.2 Å². The summed E-state index contributed by atoms with van der Waals surface area (Å²) >= 11 is 6.09. The van der Waals surface area contributed by atoms with Crippen LogP contribution in [0.15, 0.2) is 0 Å². The molecule has 0 unspecified atom stereocenters. The minimum atomic E-state index is -0.790. The summed E-state index contributed by atoms with van der Waals surface area (Å²) in [7, 11) is 0. The SMILES string of the molecule is CC(C)(C)OC(=O)N1[C@@H]2CC[C@H]1[C@H]1CCOc3nc(Cl)c(F)c4nc(OCC5(C=O)CC5)nc(c34)N1C2. The number of anilines is 1. The third-order valence-electron chi connectivity index (χ3n) is 7.63. The van der Waals surface area contributed by atoms with Gasteiger partial charge in [0.05, 0.1) is 30.1 Å². The standard InChI is InChI=1S/C25H29ClFN5O5/c1-24(2,3)37-23(34)32-13-4-5-15(32)14-6-9-35-21-16-18(17(27)19(26)29-21)28-22(30-20(16)31(14)10-13)36-12-25(11-33)7-8-25/h11,13-15H,4-10,12H2,1-3H3/t13-,14-,15+/m1/s1. The van der Waals surface area contributed by atoms with E-state index in [-0.39, 0.29) is 53.4 Å². The fraction of sp³-hybridized carbons (Fsp3) is 0.640. The maximum absolute atomic E-state index is 15.3. The third-order valence-corrected chi connectivity index (χ3v) is 7.88. The van der Waals surface area contributed by atoms with Crippen molar-refractivity contribution in [1.29, 1.82) is 0 Å². The maximum Gasteiger partial charge on any atom is 0.410 e. The minimum absolute atomic E-state index is 0.0380. The number of pyridine rings is 1. The number of hydrogen-bond acceptors (Lipinski definition) is 9. The van der Waals surface area contributed by atoms with Gasteiger partial charge in [0.2, 0.25) is 5.88 Å². The Labute approximate surface area is 218 Å². The lowest BCUT2D eigenvalue weighted by molar-refractivity contribution is -0.113. The summed E-state index contributed by atoms with van der Waals surface area (Å²) < 4.78 is 32.8. The Morgan fingerprint density at radius 3 is 2.70 bits per heavy atom. The van der Waals surface area contributed by atoms with Crippen LogP contribution in [0.2, 0.25) is 5.15 Å². The van der Waals surface area contributed by atoms with Crippen LogP contribution in [0.4, 0.5) is 15.0 Å². The zero-order valence-corrected chi connectivity index (χ0v) is 21.8. The van der Waals surface area contributed by atoms with Crippen molar-refractivity contribution in [3.05, 3.63) is 11.0 Å². The molecular formula is C25H29ClFN5O5. The topological polar surface area (TPSA) is 107 Å². The number of nitrogens with zero attached hydrogens (tertiary/aromatic N) is 5. The van der Waals surface area contributed by atoms with E-state index < -0.39 is 16.8 Å². The van der Waals surface area contributed by atoms with Gasteiger partial charge in [-0.2, -0.15) is 15.0 Å². The summed E-state index contributed by atoms with van der Waals surface area (Å²) in [4.78, 5) is 41.7. The minimum Gasteiger partial charge on any atom is -0.477 e. The quantitative estimate of drug-likeness (QED) is 0.427. The highest BCUT2D eigenvalue weighted by molar-refractivity contribution is 6.30. The molecule has 4 aliphatic rings. The molecule has 0 N–H and O–H groups in total. The number of aromatic nitrogens is 3. The van der Waals surface area contributed by atoms with Crippen LogP contribution in [0.5, 0.6) is 11.9 Å². The van der Waals surface area contributed by atoms with E-state index >= 15 is 4.39 Å². The van der Waals surface area contributed by atoms with Crippen LogP contribution in [0.25, 0.3) is 10.9 Å². The molecule has 3 atom stereocenters. The summed E-state index contributed by atoms with van der Waals surface area (Å²) in [5, 5.41) is -0.0304. The zero-order chi connectivity index (χ0) is 26.1. The number of carbonyl (C=O) groups is 2. The Balaban J connectivity index is 1.42. The van der Waals surface area contributed by atoms with E-state index in [4.69, 9.17) is 30.8 Å². The van der Waals surface area contributed by atoms with Crippen LogP contribution >= 0.6 is 11.6 Å². The molecule has 2 aromatic rings. The second kappa shape index (κ2) is 8.54. The molecular weight excluding hydrogens is 505 g/mol. The maximum atomic E-state index is 15.3. The van der Waals surface area contributed by atoms with Gasteiger partial charge in [0.25, 0.3) is 0 Å². The van der Waals surface area contributed by atoms with E-state index in [0.29, 0.717) is 30.8 Å². The second-order valence-electron chi connectivity index (χ2n) is 11.4. The average molecular weight is 534 g/mol. The highest BCUT2D eigenvalue weighted by atomic mass is 35.5. The van der Waals surface area contributed by atoms with Crippen molar-refractivity contribution in [2.45, 2.75) is 76.6 Å². The first-order valence-electron chi connectivity index (χ1n) is 12.7. The first kappa shape index (κ1) is 24.4. The summed E-state index contributed by atoms with van der Waals surface area (Å²) in [6.45, 7) is 6.46. The normalized spacial score (nSPS) is 25.6. The van der Waals surface area contributed by atoms with E-state index in [9.17, 15) is 9.59 Å². The van der Waals surface area contributed by atoms with Gasteiger partial charge < -0.3 is 23.9 Å². The van der Waals surface area contributed by atoms with Gasteiger partial charge in [-0.25, -0.2) is 9.18 Å². The number of carbonyl (C=O) groups excluding carboxylic acids is 2. The Morgan fingerprint density at radius 1 is 1.22 bits per heavy atom. The molecule has 10 nitrogen and oxygen atoms in total. The number of amides is 1. The van der Waals surface area contributed by atoms with Crippen LogP contribution in [-0.4, -0.2) is 75.7 Å². The van der Waals surface area contributed by atoms with Crippen molar-refractivity contribution >= 4 is 40.7 Å². The number of rotatable bonds is 4. The van der Waals surface area contributed by atoms with Crippen LogP contribution in [0.3, 0.4) is 0 Å². The van der Waals surface area contributed by atoms with Gasteiger partial charge in [0, 0.05) is 13.0 Å². The van der Waals surface area contributed by atoms with Gasteiger partial charge in [-0.15, -0.1) is 0 Å². The molecule has 198 valence electrons. The number of hydrogen-bond donors (Lipinski definition) is 0. The Morgan fingerprint density at radius 2 is 2.00 bits per heavy atom. The fourth-order valence-corrected chi connectivity index (χ4v) is 5.79. The van der Waals surface area contributed by atoms with Crippen LogP contribution in [0.1, 0.15) is 52.9 Å². The number of ether oxygens (including phenoxy) is 3. The largest absolute Gasteiger partial charge is 0.477 e. The van der Waals surface area contributed by atoms with Crippen molar-refractivity contribution in [2.24, 2.45) is 5.41 Å². The molecule has 6 rings (SSSR count). The first-order chi connectivity index (χ1) is 17.6. The van der Waals surface area contributed by atoms with Crippen molar-refractivity contribution < 1.29 is 28.2 Å². The predicted molar refractivity (Wildman–Crippen MR) is 132 cm³/mol. The summed E-state index contributed by atoms with van der Waals surface area (Å²) in [6.07, 6.45) is 4.24. The zero-order valence-electron chi connectivity index (χ0n) is 21.0. The van der Waals surface area contributed by atoms with E-state index in [1.54, 1.807) is 0 Å². The highest BCUT2D eigenvalue weighted by Gasteiger charge is 2.51. The fourth-order valence-electron chi connectivity index (χ4n) is 5.62. The molecule has 1 amide bonds. The van der Waals surface area contributed by atoms with E-state index in [0.717, 1.165) is 32.0 Å². The summed E-state index contributed by atoms with van der Waals surface area (Å²) in [6, 6.07) is -0.398. The van der Waals surface area contributed by atoms with E-state index in [1.807, 2.05) is 25.7 Å². The molecule has 1 saturated carbocycles. The molecule has 2 saturated heterocycles. The predicted octanol–water partition coefficient (Wildman–Crippen LogP) is 3.91. The molecule has 5 heterocycles. The van der Waals surface area contributed by atoms with Gasteiger partial charge in [0.15, 0.2) is 11.0 Å². The van der Waals surface area contributed by atoms with Crippen LogP contribution in [-0.2, 0) is 9.53 Å². The Bertz CT molecular complexity index is 1280. The van der Waals surface area contributed by atoms with Crippen molar-refractivity contribution in [2.75, 3.05) is 24.7 Å². The molecule has 1 aliphatic carbocycles. The van der Waals surface area contributed by atoms with Crippen molar-refractivity contribution in [1.82, 2.24) is 19.9 Å². The third kappa shape index (κ3) is 4.20. The van der Waals surface area contributed by atoms with Crippen LogP contribution < -0.4 is 14.4 Å². The summed E-state index contributed by atoms with van der Waals surface area (Å²) in [5.74, 6) is -0.198. The van der Waals surface area contributed by atoms with Gasteiger partial charge in [-0.3, -0.25) is 4.90 Å². The summed E-state index contributed by atoms with van der Waals surface area (Å²) in [5.41, 5.74) is -1.19.